The monoisotopic (exact) mass is 342 g/mol. The lowest BCUT2D eigenvalue weighted by molar-refractivity contribution is -0.140. The fourth-order valence-electron chi connectivity index (χ4n) is 2.57. The summed E-state index contributed by atoms with van der Waals surface area (Å²) in [6.45, 7) is 0.461. The molecule has 1 aromatic carbocycles. The highest BCUT2D eigenvalue weighted by Gasteiger charge is 2.37. The molecule has 0 bridgehead atoms. The zero-order chi connectivity index (χ0) is 16.2. The quantitative estimate of drug-likeness (QED) is 0.862. The predicted molar refractivity (Wildman–Crippen MR) is 92.4 cm³/mol. The molecule has 22 heavy (non-hydrogen) atoms. The van der Waals surface area contributed by atoms with E-state index in [1.165, 1.54) is 0 Å². The van der Waals surface area contributed by atoms with Gasteiger partial charge >= 0.3 is 0 Å². The van der Waals surface area contributed by atoms with E-state index in [9.17, 15) is 9.90 Å². The van der Waals surface area contributed by atoms with Crippen LogP contribution in [0.2, 0.25) is 5.02 Å². The van der Waals surface area contributed by atoms with Crippen molar-refractivity contribution >= 4 is 29.3 Å². The number of nitrogens with one attached hydrogen (secondary N) is 1. The van der Waals surface area contributed by atoms with Gasteiger partial charge in [-0.05, 0) is 56.1 Å². The molecule has 1 atom stereocenters. The number of carbonyl (C=O) groups is 1. The molecular formula is C16H23ClN2O2S. The van der Waals surface area contributed by atoms with Crippen molar-refractivity contribution in [3.63, 3.8) is 0 Å². The second kappa shape index (κ2) is 7.68. The Hall–Kier alpha value is -0.750. The lowest BCUT2D eigenvalue weighted by Crippen LogP contribution is -2.50. The number of halogens is 1. The Labute approximate surface area is 141 Å². The highest BCUT2D eigenvalue weighted by molar-refractivity contribution is 7.99. The molecule has 0 spiro atoms. The Morgan fingerprint density at radius 1 is 1.36 bits per heavy atom. The summed E-state index contributed by atoms with van der Waals surface area (Å²) in [4.78, 5) is 14.4. The second-order valence-corrected chi connectivity index (χ2v) is 7.55. The van der Waals surface area contributed by atoms with E-state index in [0.717, 1.165) is 17.1 Å². The SMILES string of the molecule is CN(C)[C@H](CNC(=O)C1(O)CCSCC1)c1ccc(Cl)cc1. The Morgan fingerprint density at radius 3 is 2.50 bits per heavy atom. The summed E-state index contributed by atoms with van der Waals surface area (Å²) in [7, 11) is 3.94. The smallest absolute Gasteiger partial charge is 0.252 e. The fourth-order valence-corrected chi connectivity index (χ4v) is 3.87. The lowest BCUT2D eigenvalue weighted by Gasteiger charge is -2.32. The van der Waals surface area contributed by atoms with E-state index in [0.29, 0.717) is 24.4 Å². The topological polar surface area (TPSA) is 52.6 Å². The lowest BCUT2D eigenvalue weighted by atomic mass is 9.95. The molecule has 122 valence electrons. The number of nitrogens with zero attached hydrogens (tertiary/aromatic N) is 1. The van der Waals surface area contributed by atoms with Crippen molar-refractivity contribution in [2.24, 2.45) is 0 Å². The summed E-state index contributed by atoms with van der Waals surface area (Å²) in [5.41, 5.74) is -0.122. The van der Waals surface area contributed by atoms with E-state index in [1.807, 2.05) is 43.3 Å². The van der Waals surface area contributed by atoms with Crippen LogP contribution in [0.5, 0.6) is 0 Å². The molecule has 2 N–H and O–H groups in total. The van der Waals surface area contributed by atoms with Gasteiger partial charge in [-0.2, -0.15) is 11.8 Å². The first-order valence-corrected chi connectivity index (χ1v) is 8.96. The molecule has 2 rings (SSSR count). The first kappa shape index (κ1) is 17.6. The number of hydrogen-bond acceptors (Lipinski definition) is 4. The summed E-state index contributed by atoms with van der Waals surface area (Å²) in [6, 6.07) is 7.67. The van der Waals surface area contributed by atoms with E-state index >= 15 is 0 Å². The van der Waals surface area contributed by atoms with Gasteiger partial charge in [0.05, 0.1) is 6.04 Å². The van der Waals surface area contributed by atoms with Crippen molar-refractivity contribution in [2.45, 2.75) is 24.5 Å². The number of hydrogen-bond donors (Lipinski definition) is 2. The van der Waals surface area contributed by atoms with E-state index in [-0.39, 0.29) is 11.9 Å². The molecule has 0 radical (unpaired) electrons. The molecule has 6 heteroatoms. The van der Waals surface area contributed by atoms with Crippen molar-refractivity contribution in [2.75, 3.05) is 32.1 Å². The number of carbonyl (C=O) groups excluding carboxylic acids is 1. The van der Waals surface area contributed by atoms with Gasteiger partial charge < -0.3 is 15.3 Å². The van der Waals surface area contributed by atoms with E-state index in [1.54, 1.807) is 11.8 Å². The van der Waals surface area contributed by atoms with E-state index in [2.05, 4.69) is 5.32 Å². The maximum atomic E-state index is 12.3. The zero-order valence-electron chi connectivity index (χ0n) is 13.0. The summed E-state index contributed by atoms with van der Waals surface area (Å²) in [6.07, 6.45) is 1.05. The van der Waals surface area contributed by atoms with Gasteiger partial charge in [-0.15, -0.1) is 0 Å². The van der Waals surface area contributed by atoms with Crippen LogP contribution in [0.1, 0.15) is 24.4 Å². The zero-order valence-corrected chi connectivity index (χ0v) is 14.6. The van der Waals surface area contributed by atoms with Crippen LogP contribution in [-0.4, -0.2) is 53.7 Å². The number of rotatable bonds is 5. The van der Waals surface area contributed by atoms with Gasteiger partial charge in [-0.1, -0.05) is 23.7 Å². The third-order valence-electron chi connectivity index (χ3n) is 4.08. The van der Waals surface area contributed by atoms with Gasteiger partial charge in [0.2, 0.25) is 0 Å². The maximum absolute atomic E-state index is 12.3. The molecule has 4 nitrogen and oxygen atoms in total. The predicted octanol–water partition coefficient (Wildman–Crippen LogP) is 2.32. The van der Waals surface area contributed by atoms with E-state index in [4.69, 9.17) is 11.6 Å². The summed E-state index contributed by atoms with van der Waals surface area (Å²) < 4.78 is 0. The maximum Gasteiger partial charge on any atom is 0.252 e. The normalized spacial score (nSPS) is 19.0. The second-order valence-electron chi connectivity index (χ2n) is 5.88. The first-order chi connectivity index (χ1) is 10.4. The number of amides is 1. The van der Waals surface area contributed by atoms with Gasteiger partial charge in [-0.3, -0.25) is 4.79 Å². The third kappa shape index (κ3) is 4.38. The molecule has 1 saturated heterocycles. The number of thioether (sulfide) groups is 1. The minimum atomic E-state index is -1.21. The van der Waals surface area contributed by atoms with Gasteiger partial charge in [-0.25, -0.2) is 0 Å². The van der Waals surface area contributed by atoms with Crippen LogP contribution in [0.25, 0.3) is 0 Å². The average Bonchev–Trinajstić information content (AvgIpc) is 2.49. The number of likely N-dealkylation sites (N-methyl/N-ethyl adjacent to an activating group) is 1. The molecule has 0 unspecified atom stereocenters. The minimum Gasteiger partial charge on any atom is -0.380 e. The molecule has 1 fully saturated rings. The van der Waals surface area contributed by atoms with Gasteiger partial charge in [0.1, 0.15) is 5.60 Å². The van der Waals surface area contributed by atoms with Gasteiger partial charge in [0, 0.05) is 11.6 Å². The Morgan fingerprint density at radius 2 is 1.95 bits per heavy atom. The van der Waals surface area contributed by atoms with Crippen LogP contribution in [0.4, 0.5) is 0 Å². The van der Waals surface area contributed by atoms with E-state index < -0.39 is 5.60 Å². The molecule has 0 saturated carbocycles. The molecule has 1 aromatic rings. The Balaban J connectivity index is 2.00. The molecule has 1 heterocycles. The third-order valence-corrected chi connectivity index (χ3v) is 5.31. The molecule has 1 aliphatic rings. The van der Waals surface area contributed by atoms with Crippen molar-refractivity contribution in [1.82, 2.24) is 10.2 Å². The largest absolute Gasteiger partial charge is 0.380 e. The van der Waals surface area contributed by atoms with Crippen LogP contribution >= 0.6 is 23.4 Å². The van der Waals surface area contributed by atoms with Gasteiger partial charge in [0.25, 0.3) is 5.91 Å². The van der Waals surface area contributed by atoms with Crippen LogP contribution in [0, 0.1) is 0 Å². The Kier molecular flexibility index (Phi) is 6.15. The molecule has 1 amide bonds. The molecule has 0 aliphatic carbocycles. The molecule has 0 aromatic heterocycles. The summed E-state index contributed by atoms with van der Waals surface area (Å²) in [5, 5.41) is 14.1. The average molecular weight is 343 g/mol. The highest BCUT2D eigenvalue weighted by Crippen LogP contribution is 2.27. The molecule has 1 aliphatic heterocycles. The highest BCUT2D eigenvalue weighted by atomic mass is 35.5. The van der Waals surface area contributed by atoms with Crippen LogP contribution in [-0.2, 0) is 4.79 Å². The van der Waals surface area contributed by atoms with Crippen molar-refractivity contribution in [1.29, 1.82) is 0 Å². The van der Waals surface area contributed by atoms with Crippen molar-refractivity contribution in [3.8, 4) is 0 Å². The van der Waals surface area contributed by atoms with Crippen LogP contribution < -0.4 is 5.32 Å². The van der Waals surface area contributed by atoms with Crippen LogP contribution in [0.15, 0.2) is 24.3 Å². The van der Waals surface area contributed by atoms with Crippen LogP contribution in [0.3, 0.4) is 0 Å². The van der Waals surface area contributed by atoms with Gasteiger partial charge in [0.15, 0.2) is 0 Å². The van der Waals surface area contributed by atoms with Crippen molar-refractivity contribution in [3.05, 3.63) is 34.9 Å². The Bertz CT molecular complexity index is 501. The summed E-state index contributed by atoms with van der Waals surface area (Å²) in [5.74, 6) is 1.41. The standard InChI is InChI=1S/C16H23ClN2O2S/c1-19(2)14(12-3-5-13(17)6-4-12)11-18-15(20)16(21)7-9-22-10-8-16/h3-6,14,21H,7-11H2,1-2H3,(H,18,20)/t14-/m1/s1. The summed E-state index contributed by atoms with van der Waals surface area (Å²) >= 11 is 7.71. The van der Waals surface area contributed by atoms with Crippen molar-refractivity contribution < 1.29 is 9.90 Å². The fraction of sp³-hybridized carbons (Fsp3) is 0.562. The number of benzene rings is 1. The minimum absolute atomic E-state index is 0.0442. The molecular weight excluding hydrogens is 320 g/mol. The number of aliphatic hydroxyl groups is 1. The first-order valence-electron chi connectivity index (χ1n) is 7.43.